The highest BCUT2D eigenvalue weighted by molar-refractivity contribution is 6.10. The molecule has 0 bridgehead atoms. The molecule has 0 aliphatic carbocycles. The first-order valence-electron chi connectivity index (χ1n) is 11.5. The van der Waals surface area contributed by atoms with Crippen LogP contribution in [-0.2, 0) is 0 Å². The zero-order valence-corrected chi connectivity index (χ0v) is 18.7. The van der Waals surface area contributed by atoms with E-state index in [1.54, 1.807) is 0 Å². The summed E-state index contributed by atoms with van der Waals surface area (Å²) < 4.78 is 1.82. The van der Waals surface area contributed by atoms with E-state index in [-0.39, 0.29) is 0 Å². The van der Waals surface area contributed by atoms with E-state index in [1.165, 1.54) is 5.39 Å². The molecule has 3 aromatic carbocycles. The molecule has 5 heteroatoms. The van der Waals surface area contributed by atoms with Crippen molar-refractivity contribution >= 4 is 27.3 Å². The maximum atomic E-state index is 4.95. The summed E-state index contributed by atoms with van der Waals surface area (Å²) in [6.45, 7) is 0. The van der Waals surface area contributed by atoms with E-state index in [4.69, 9.17) is 20.1 Å². The average molecular weight is 450 g/mol. The van der Waals surface area contributed by atoms with Crippen LogP contribution in [0.25, 0.3) is 61.2 Å². The zero-order chi connectivity index (χ0) is 23.2. The van der Waals surface area contributed by atoms with Crippen LogP contribution in [0.15, 0.2) is 116 Å². The molecule has 0 aliphatic heterocycles. The highest BCUT2D eigenvalue weighted by Crippen LogP contribution is 2.32. The predicted octanol–water partition coefficient (Wildman–Crippen LogP) is 6.83. The third-order valence-electron chi connectivity index (χ3n) is 6.31. The number of aromatic nitrogens is 5. The average Bonchev–Trinajstić information content (AvgIpc) is 3.37. The quantitative estimate of drug-likeness (QED) is 0.278. The van der Waals surface area contributed by atoms with Gasteiger partial charge in [-0.2, -0.15) is 0 Å². The highest BCUT2D eigenvalue weighted by Gasteiger charge is 2.13. The van der Waals surface area contributed by atoms with Crippen LogP contribution >= 0.6 is 0 Å². The Bertz CT molecular complexity index is 1840. The molecule has 0 spiro atoms. The molecule has 4 aromatic heterocycles. The zero-order valence-electron chi connectivity index (χ0n) is 18.7. The van der Waals surface area contributed by atoms with Crippen molar-refractivity contribution in [2.24, 2.45) is 0 Å². The largest absolute Gasteiger partial charge is 0.254 e. The number of nitrogens with zero attached hydrogens (tertiary/aromatic N) is 5. The maximum Gasteiger partial charge on any atom is 0.183 e. The van der Waals surface area contributed by atoms with Gasteiger partial charge in [0.25, 0.3) is 0 Å². The summed E-state index contributed by atoms with van der Waals surface area (Å²) in [6, 6.07) is 34.9. The second-order valence-electron chi connectivity index (χ2n) is 8.48. The number of rotatable bonds is 3. The molecule has 0 fully saturated rings. The Kier molecular flexibility index (Phi) is 4.39. The Morgan fingerprint density at radius 1 is 0.543 bits per heavy atom. The van der Waals surface area contributed by atoms with E-state index >= 15 is 0 Å². The van der Waals surface area contributed by atoms with Crippen LogP contribution in [0.2, 0.25) is 0 Å². The SMILES string of the molecule is c1ccc(-c2ccc3nc(-c4ccc(-c5nc6ccccc6c6ccccc56)nc4)nn3c2)cc1. The second-order valence-corrected chi connectivity index (χ2v) is 8.48. The summed E-state index contributed by atoms with van der Waals surface area (Å²) in [7, 11) is 0. The lowest BCUT2D eigenvalue weighted by Crippen LogP contribution is -1.93. The lowest BCUT2D eigenvalue weighted by Gasteiger charge is -2.09. The Morgan fingerprint density at radius 2 is 1.29 bits per heavy atom. The van der Waals surface area contributed by atoms with Gasteiger partial charge in [-0.1, -0.05) is 72.8 Å². The molecule has 0 aliphatic rings. The van der Waals surface area contributed by atoms with Gasteiger partial charge in [0.05, 0.1) is 16.9 Å². The number of pyridine rings is 3. The minimum Gasteiger partial charge on any atom is -0.254 e. The number of hydrogen-bond acceptors (Lipinski definition) is 4. The summed E-state index contributed by atoms with van der Waals surface area (Å²) in [4.78, 5) is 14.4. The van der Waals surface area contributed by atoms with Gasteiger partial charge in [0, 0.05) is 34.3 Å². The van der Waals surface area contributed by atoms with Crippen LogP contribution in [0.3, 0.4) is 0 Å². The van der Waals surface area contributed by atoms with E-state index in [2.05, 4.69) is 42.5 Å². The smallest absolute Gasteiger partial charge is 0.183 e. The van der Waals surface area contributed by atoms with Gasteiger partial charge in [0.1, 0.15) is 0 Å². The minimum absolute atomic E-state index is 0.644. The molecule has 0 saturated carbocycles. The third-order valence-corrected chi connectivity index (χ3v) is 6.31. The molecule has 164 valence electrons. The van der Waals surface area contributed by atoms with Gasteiger partial charge >= 0.3 is 0 Å². The van der Waals surface area contributed by atoms with Crippen LogP contribution < -0.4 is 0 Å². The summed E-state index contributed by atoms with van der Waals surface area (Å²) in [5.74, 6) is 0.644. The summed E-state index contributed by atoms with van der Waals surface area (Å²) >= 11 is 0. The van der Waals surface area contributed by atoms with Crippen molar-refractivity contribution in [2.75, 3.05) is 0 Å². The lowest BCUT2D eigenvalue weighted by atomic mass is 10.0. The molecule has 0 unspecified atom stereocenters. The van der Waals surface area contributed by atoms with Crippen LogP contribution in [0.1, 0.15) is 0 Å². The summed E-state index contributed by atoms with van der Waals surface area (Å²) in [5.41, 5.74) is 6.56. The van der Waals surface area contributed by atoms with E-state index in [0.29, 0.717) is 5.82 Å². The van der Waals surface area contributed by atoms with Crippen molar-refractivity contribution in [3.05, 3.63) is 116 Å². The molecular weight excluding hydrogens is 430 g/mol. The Hall–Kier alpha value is -4.90. The van der Waals surface area contributed by atoms with Gasteiger partial charge in [-0.3, -0.25) is 4.98 Å². The number of hydrogen-bond donors (Lipinski definition) is 0. The van der Waals surface area contributed by atoms with Crippen molar-refractivity contribution in [2.45, 2.75) is 0 Å². The molecule has 5 nitrogen and oxygen atoms in total. The Balaban J connectivity index is 1.29. The van der Waals surface area contributed by atoms with Crippen molar-refractivity contribution in [1.82, 2.24) is 24.6 Å². The molecule has 0 radical (unpaired) electrons. The van der Waals surface area contributed by atoms with Gasteiger partial charge in [-0.15, -0.1) is 5.10 Å². The number of benzene rings is 3. The molecule has 4 heterocycles. The fraction of sp³-hybridized carbons (Fsp3) is 0. The molecule has 0 amide bonds. The Morgan fingerprint density at radius 3 is 2.11 bits per heavy atom. The molecular formula is C30H19N5. The molecule has 7 rings (SSSR count). The highest BCUT2D eigenvalue weighted by atomic mass is 15.3. The van der Waals surface area contributed by atoms with Crippen LogP contribution in [0, 0.1) is 0 Å². The van der Waals surface area contributed by atoms with E-state index in [9.17, 15) is 0 Å². The second kappa shape index (κ2) is 7.85. The van der Waals surface area contributed by atoms with Gasteiger partial charge in [-0.25, -0.2) is 14.5 Å². The fourth-order valence-electron chi connectivity index (χ4n) is 4.57. The first-order chi connectivity index (χ1) is 17.3. The van der Waals surface area contributed by atoms with Gasteiger partial charge < -0.3 is 0 Å². The molecule has 0 saturated heterocycles. The predicted molar refractivity (Wildman–Crippen MR) is 140 cm³/mol. The lowest BCUT2D eigenvalue weighted by molar-refractivity contribution is 0.966. The van der Waals surface area contributed by atoms with Gasteiger partial charge in [0.2, 0.25) is 0 Å². The van der Waals surface area contributed by atoms with Crippen molar-refractivity contribution < 1.29 is 0 Å². The molecule has 0 atom stereocenters. The van der Waals surface area contributed by atoms with Crippen LogP contribution in [0.5, 0.6) is 0 Å². The summed E-state index contributed by atoms with van der Waals surface area (Å²) in [6.07, 6.45) is 3.84. The first kappa shape index (κ1) is 19.6. The number of para-hydroxylation sites is 1. The van der Waals surface area contributed by atoms with Crippen molar-refractivity contribution in [1.29, 1.82) is 0 Å². The maximum absolute atomic E-state index is 4.95. The normalized spacial score (nSPS) is 11.4. The monoisotopic (exact) mass is 449 g/mol. The minimum atomic E-state index is 0.644. The standard InChI is InChI=1S/C30H19N5/c1-2-8-20(9-3-1)22-15-17-28-33-30(34-35(28)19-22)21-14-16-27(31-18-21)29-25-12-5-4-10-23(25)24-11-6-7-13-26(24)32-29/h1-19H. The summed E-state index contributed by atoms with van der Waals surface area (Å²) in [5, 5.41) is 8.12. The van der Waals surface area contributed by atoms with Gasteiger partial charge in [-0.05, 0) is 41.3 Å². The van der Waals surface area contributed by atoms with E-state index in [1.807, 2.05) is 77.6 Å². The molecule has 7 aromatic rings. The van der Waals surface area contributed by atoms with Gasteiger partial charge in [0.15, 0.2) is 11.5 Å². The Labute approximate surface area is 201 Å². The van der Waals surface area contributed by atoms with Crippen LogP contribution in [-0.4, -0.2) is 24.6 Å². The third kappa shape index (κ3) is 3.33. The number of fused-ring (bicyclic) bond motifs is 4. The van der Waals surface area contributed by atoms with Crippen molar-refractivity contribution in [3.63, 3.8) is 0 Å². The van der Waals surface area contributed by atoms with Crippen LogP contribution in [0.4, 0.5) is 0 Å². The first-order valence-corrected chi connectivity index (χ1v) is 11.5. The van der Waals surface area contributed by atoms with E-state index < -0.39 is 0 Å². The molecule has 35 heavy (non-hydrogen) atoms. The van der Waals surface area contributed by atoms with E-state index in [0.717, 1.165) is 50.0 Å². The van der Waals surface area contributed by atoms with Crippen molar-refractivity contribution in [3.8, 4) is 33.9 Å². The fourth-order valence-corrected chi connectivity index (χ4v) is 4.57. The molecule has 0 N–H and O–H groups in total. The topological polar surface area (TPSA) is 56.0 Å².